The summed E-state index contributed by atoms with van der Waals surface area (Å²) in [6.45, 7) is 5.32. The Balaban J connectivity index is 1.29. The summed E-state index contributed by atoms with van der Waals surface area (Å²) >= 11 is 0. The Morgan fingerprint density at radius 2 is 1.91 bits per heavy atom. The van der Waals surface area contributed by atoms with Crippen LogP contribution in [0.15, 0.2) is 61.1 Å². The summed E-state index contributed by atoms with van der Waals surface area (Å²) in [6, 6.07) is 18.9. The number of aromatic nitrogens is 4. The van der Waals surface area contributed by atoms with E-state index in [4.69, 9.17) is 5.26 Å². The number of benzene rings is 2. The van der Waals surface area contributed by atoms with Crippen LogP contribution in [-0.4, -0.2) is 45.5 Å². The van der Waals surface area contributed by atoms with Crippen molar-refractivity contribution in [2.75, 3.05) is 31.1 Å². The highest BCUT2D eigenvalue weighted by atomic mass is 15.3. The lowest BCUT2D eigenvalue weighted by Crippen LogP contribution is -2.54. The molecular weight excluding hydrogens is 410 g/mol. The average molecular weight is 434 g/mol. The second kappa shape index (κ2) is 6.80. The highest BCUT2D eigenvalue weighted by Crippen LogP contribution is 2.39. The van der Waals surface area contributed by atoms with Crippen molar-refractivity contribution in [2.24, 2.45) is 5.41 Å². The fourth-order valence-corrected chi connectivity index (χ4v) is 5.55. The Bertz CT molecular complexity index is 1420. The Hall–Kier alpha value is -3.89. The maximum Gasteiger partial charge on any atom is 0.185 e. The molecule has 7 nitrogen and oxygen atoms in total. The van der Waals surface area contributed by atoms with Crippen molar-refractivity contribution in [3.05, 3.63) is 72.2 Å². The zero-order valence-electron chi connectivity index (χ0n) is 18.2. The molecule has 2 aromatic carbocycles. The smallest absolute Gasteiger partial charge is 0.185 e. The summed E-state index contributed by atoms with van der Waals surface area (Å²) in [7, 11) is 0. The van der Waals surface area contributed by atoms with Crippen molar-refractivity contribution in [3.8, 4) is 34.4 Å². The molecule has 0 amide bonds. The fraction of sp³-hybridized carbons (Fsp3) is 0.269. The molecule has 1 N–H and O–H groups in total. The van der Waals surface area contributed by atoms with Gasteiger partial charge in [-0.3, -0.25) is 4.57 Å². The highest BCUT2D eigenvalue weighted by Gasteiger charge is 2.43. The van der Waals surface area contributed by atoms with Crippen molar-refractivity contribution in [3.63, 3.8) is 0 Å². The van der Waals surface area contributed by atoms with E-state index in [1.807, 2.05) is 30.6 Å². The third kappa shape index (κ3) is 2.84. The standard InChI is InChI=1S/C26H23N7/c27-11-18-1-3-19(4-2-18)20-10-24-25-30-29-17-33(25)23-6-5-22(9-21(23)13-32(24)12-20)31-8-7-26(16-31)14-28-15-26/h1-6,9-10,12,17,28H,7-8,13-16H2. The molecule has 5 heterocycles. The van der Waals surface area contributed by atoms with E-state index in [-0.39, 0.29) is 0 Å². The van der Waals surface area contributed by atoms with Gasteiger partial charge in [0, 0.05) is 55.6 Å². The van der Waals surface area contributed by atoms with Gasteiger partial charge in [0.1, 0.15) is 6.33 Å². The SMILES string of the molecule is N#Cc1ccc(-c2cc3n(c2)Cc2cc(N4CCC5(CNC5)C4)ccc2-n2cnnc2-3)cc1. The van der Waals surface area contributed by atoms with Crippen molar-refractivity contribution in [1.82, 2.24) is 24.6 Å². The monoisotopic (exact) mass is 433 g/mol. The molecular formula is C26H23N7. The molecule has 0 unspecified atom stereocenters. The van der Waals surface area contributed by atoms with E-state index >= 15 is 0 Å². The van der Waals surface area contributed by atoms with Crippen LogP contribution >= 0.6 is 0 Å². The van der Waals surface area contributed by atoms with Crippen LogP contribution in [0.2, 0.25) is 0 Å². The first kappa shape index (κ1) is 18.7. The van der Waals surface area contributed by atoms with E-state index in [1.165, 1.54) is 17.7 Å². The molecule has 0 aliphatic carbocycles. The first-order chi connectivity index (χ1) is 16.2. The van der Waals surface area contributed by atoms with Gasteiger partial charge >= 0.3 is 0 Å². The predicted molar refractivity (Wildman–Crippen MR) is 126 cm³/mol. The molecule has 162 valence electrons. The minimum Gasteiger partial charge on any atom is -0.371 e. The van der Waals surface area contributed by atoms with E-state index in [9.17, 15) is 0 Å². The normalized spacial score (nSPS) is 17.6. The molecule has 7 heteroatoms. The largest absolute Gasteiger partial charge is 0.371 e. The molecule has 0 radical (unpaired) electrons. The number of hydrogen-bond acceptors (Lipinski definition) is 5. The summed E-state index contributed by atoms with van der Waals surface area (Å²) in [5.74, 6) is 0.849. The third-order valence-electron chi connectivity index (χ3n) is 7.49. The van der Waals surface area contributed by atoms with Crippen LogP contribution in [0.1, 0.15) is 17.5 Å². The average Bonchev–Trinajstić information content (AvgIpc) is 3.56. The number of rotatable bonds is 2. The molecule has 4 aromatic rings. The second-order valence-electron chi connectivity index (χ2n) is 9.54. The van der Waals surface area contributed by atoms with E-state index in [0.717, 1.165) is 61.1 Å². The van der Waals surface area contributed by atoms with Crippen molar-refractivity contribution < 1.29 is 0 Å². The van der Waals surface area contributed by atoms with Gasteiger partial charge < -0.3 is 14.8 Å². The number of fused-ring (bicyclic) bond motifs is 5. The quantitative estimate of drug-likeness (QED) is 0.462. The van der Waals surface area contributed by atoms with Gasteiger partial charge in [0.25, 0.3) is 0 Å². The molecule has 0 atom stereocenters. The summed E-state index contributed by atoms with van der Waals surface area (Å²) in [4.78, 5) is 2.54. The molecule has 0 saturated carbocycles. The lowest BCUT2D eigenvalue weighted by atomic mass is 9.81. The summed E-state index contributed by atoms with van der Waals surface area (Å²) in [5.41, 5.74) is 8.09. The predicted octanol–water partition coefficient (Wildman–Crippen LogP) is 3.44. The Kier molecular flexibility index (Phi) is 3.85. The molecule has 1 spiro atoms. The van der Waals surface area contributed by atoms with E-state index in [1.54, 1.807) is 0 Å². The Morgan fingerprint density at radius 3 is 2.67 bits per heavy atom. The number of nitrogens with one attached hydrogen (secondary N) is 1. The lowest BCUT2D eigenvalue weighted by Gasteiger charge is -2.39. The van der Waals surface area contributed by atoms with Gasteiger partial charge in [0.2, 0.25) is 0 Å². The van der Waals surface area contributed by atoms with Gasteiger partial charge in [-0.2, -0.15) is 5.26 Å². The minimum atomic E-state index is 0.470. The van der Waals surface area contributed by atoms with Crippen molar-refractivity contribution >= 4 is 5.69 Å². The topological polar surface area (TPSA) is 74.7 Å². The maximum absolute atomic E-state index is 9.11. The molecule has 3 aliphatic rings. The summed E-state index contributed by atoms with van der Waals surface area (Å²) < 4.78 is 4.37. The number of hydrogen-bond donors (Lipinski definition) is 1. The Morgan fingerprint density at radius 1 is 1.03 bits per heavy atom. The molecule has 2 saturated heterocycles. The molecule has 2 aromatic heterocycles. The third-order valence-corrected chi connectivity index (χ3v) is 7.49. The van der Waals surface area contributed by atoms with Crippen LogP contribution in [0.3, 0.4) is 0 Å². The summed E-state index contributed by atoms with van der Waals surface area (Å²) in [5, 5.41) is 21.3. The first-order valence-electron chi connectivity index (χ1n) is 11.4. The van der Waals surface area contributed by atoms with Gasteiger partial charge in [-0.1, -0.05) is 12.1 Å². The zero-order valence-corrected chi connectivity index (χ0v) is 18.2. The van der Waals surface area contributed by atoms with E-state index < -0.39 is 0 Å². The van der Waals surface area contributed by atoms with Gasteiger partial charge in [-0.25, -0.2) is 0 Å². The van der Waals surface area contributed by atoms with Crippen LogP contribution in [0, 0.1) is 16.7 Å². The van der Waals surface area contributed by atoms with E-state index in [0.29, 0.717) is 11.0 Å². The number of nitrogens with zero attached hydrogens (tertiary/aromatic N) is 6. The Labute approximate surface area is 191 Å². The second-order valence-corrected chi connectivity index (χ2v) is 9.54. The number of nitriles is 1. The molecule has 0 bridgehead atoms. The number of anilines is 1. The first-order valence-corrected chi connectivity index (χ1v) is 11.4. The minimum absolute atomic E-state index is 0.470. The van der Waals surface area contributed by atoms with Crippen LogP contribution in [0.25, 0.3) is 28.3 Å². The van der Waals surface area contributed by atoms with Crippen molar-refractivity contribution in [2.45, 2.75) is 13.0 Å². The molecule has 3 aliphatic heterocycles. The van der Waals surface area contributed by atoms with Crippen LogP contribution in [0.4, 0.5) is 5.69 Å². The van der Waals surface area contributed by atoms with Gasteiger partial charge in [-0.15, -0.1) is 10.2 Å². The van der Waals surface area contributed by atoms with Crippen LogP contribution < -0.4 is 10.2 Å². The lowest BCUT2D eigenvalue weighted by molar-refractivity contribution is 0.200. The van der Waals surface area contributed by atoms with Crippen LogP contribution in [0.5, 0.6) is 0 Å². The fourth-order valence-electron chi connectivity index (χ4n) is 5.55. The van der Waals surface area contributed by atoms with Crippen LogP contribution in [-0.2, 0) is 6.54 Å². The van der Waals surface area contributed by atoms with Gasteiger partial charge in [-0.05, 0) is 53.9 Å². The molecule has 7 rings (SSSR count). The van der Waals surface area contributed by atoms with E-state index in [2.05, 4.69) is 66.1 Å². The molecule has 33 heavy (non-hydrogen) atoms. The van der Waals surface area contributed by atoms with Gasteiger partial charge in [0.15, 0.2) is 5.82 Å². The summed E-state index contributed by atoms with van der Waals surface area (Å²) in [6.07, 6.45) is 5.26. The van der Waals surface area contributed by atoms with Gasteiger partial charge in [0.05, 0.1) is 23.0 Å². The maximum atomic E-state index is 9.11. The zero-order chi connectivity index (χ0) is 22.0. The highest BCUT2D eigenvalue weighted by molar-refractivity contribution is 5.72. The molecule has 2 fully saturated rings. The van der Waals surface area contributed by atoms with Crippen molar-refractivity contribution in [1.29, 1.82) is 5.26 Å².